The van der Waals surface area contributed by atoms with Gasteiger partial charge in [-0.3, -0.25) is 9.59 Å². The summed E-state index contributed by atoms with van der Waals surface area (Å²) >= 11 is 1.07. The van der Waals surface area contributed by atoms with Gasteiger partial charge in [-0.05, 0) is 13.3 Å². The summed E-state index contributed by atoms with van der Waals surface area (Å²) in [4.78, 5) is 34.0. The van der Waals surface area contributed by atoms with Crippen molar-refractivity contribution in [2.45, 2.75) is 33.6 Å². The molecule has 0 aromatic carbocycles. The van der Waals surface area contributed by atoms with Gasteiger partial charge in [0.25, 0.3) is 5.24 Å². The van der Waals surface area contributed by atoms with Crippen LogP contribution in [0.5, 0.6) is 0 Å². The maximum Gasteiger partial charge on any atom is 0.333 e. The number of hydrogen-bond acceptors (Lipinski definition) is 5. The lowest BCUT2D eigenvalue weighted by Crippen LogP contribution is -2.25. The van der Waals surface area contributed by atoms with Crippen LogP contribution in [-0.4, -0.2) is 35.9 Å². The zero-order valence-electron chi connectivity index (χ0n) is 12.4. The van der Waals surface area contributed by atoms with Gasteiger partial charge in [0.1, 0.15) is 12.4 Å². The molecular weight excluding hydrogens is 278 g/mol. The molecule has 0 heterocycles. The predicted molar refractivity (Wildman–Crippen MR) is 80.7 cm³/mol. The number of thioether (sulfide) groups is 1. The summed E-state index contributed by atoms with van der Waals surface area (Å²) in [7, 11) is 0. The van der Waals surface area contributed by atoms with Crippen molar-refractivity contribution in [1.29, 1.82) is 0 Å². The van der Waals surface area contributed by atoms with Crippen molar-refractivity contribution in [3.8, 4) is 0 Å². The van der Waals surface area contributed by atoms with E-state index in [1.807, 2.05) is 13.8 Å². The molecule has 1 atom stereocenters. The fraction of sp³-hybridized carbons (Fsp3) is 0.643. The summed E-state index contributed by atoms with van der Waals surface area (Å²) in [6, 6.07) is 0. The summed E-state index contributed by atoms with van der Waals surface area (Å²) in [5, 5.41) is 2.39. The van der Waals surface area contributed by atoms with E-state index >= 15 is 0 Å². The monoisotopic (exact) mass is 301 g/mol. The smallest absolute Gasteiger partial charge is 0.333 e. The third-order valence-corrected chi connectivity index (χ3v) is 3.51. The average Bonchev–Trinajstić information content (AvgIpc) is 2.41. The first-order valence-corrected chi connectivity index (χ1v) is 7.63. The van der Waals surface area contributed by atoms with Crippen molar-refractivity contribution in [1.82, 2.24) is 5.32 Å². The number of esters is 1. The highest BCUT2D eigenvalue weighted by molar-refractivity contribution is 8.13. The van der Waals surface area contributed by atoms with Crippen LogP contribution in [0.25, 0.3) is 0 Å². The van der Waals surface area contributed by atoms with E-state index in [-0.39, 0.29) is 30.1 Å². The molecule has 1 amide bonds. The van der Waals surface area contributed by atoms with Gasteiger partial charge in [0, 0.05) is 23.7 Å². The fourth-order valence-corrected chi connectivity index (χ4v) is 1.88. The molecule has 0 aliphatic carbocycles. The summed E-state index contributed by atoms with van der Waals surface area (Å²) in [6.07, 6.45) is 1.22. The van der Waals surface area contributed by atoms with Gasteiger partial charge in [0.05, 0.1) is 6.54 Å². The average molecular weight is 301 g/mol. The molecular formula is C14H23NO4S. The molecule has 114 valence electrons. The lowest BCUT2D eigenvalue weighted by molar-refractivity contribution is -0.138. The molecule has 0 saturated heterocycles. The van der Waals surface area contributed by atoms with E-state index in [1.165, 1.54) is 0 Å². The standard InChI is InChI=1S/C14H23NO4S/c1-5-11(4)12(16)6-9-20-14(18)15-7-8-19-13(17)10(2)3/h11H,2,5-9H2,1,3-4H3,(H,15,18). The van der Waals surface area contributed by atoms with Gasteiger partial charge < -0.3 is 10.1 Å². The Labute approximate surface area is 124 Å². The molecule has 0 aromatic rings. The van der Waals surface area contributed by atoms with E-state index in [0.717, 1.165) is 18.2 Å². The van der Waals surface area contributed by atoms with E-state index in [0.29, 0.717) is 17.7 Å². The molecule has 1 unspecified atom stereocenters. The quantitative estimate of drug-likeness (QED) is 0.402. The van der Waals surface area contributed by atoms with E-state index in [4.69, 9.17) is 4.74 Å². The predicted octanol–water partition coefficient (Wildman–Crippen LogP) is 2.55. The molecule has 5 nitrogen and oxygen atoms in total. The number of amides is 1. The van der Waals surface area contributed by atoms with Crippen LogP contribution in [0.15, 0.2) is 12.2 Å². The largest absolute Gasteiger partial charge is 0.460 e. The summed E-state index contributed by atoms with van der Waals surface area (Å²) in [6.45, 7) is 9.24. The highest BCUT2D eigenvalue weighted by atomic mass is 32.2. The minimum absolute atomic E-state index is 0.0558. The molecule has 0 spiro atoms. The first kappa shape index (κ1) is 18.7. The Morgan fingerprint density at radius 3 is 2.55 bits per heavy atom. The van der Waals surface area contributed by atoms with Crippen molar-refractivity contribution >= 4 is 28.8 Å². The SMILES string of the molecule is C=C(C)C(=O)OCCNC(=O)SCCC(=O)C(C)CC. The number of ether oxygens (including phenoxy) is 1. The Balaban J connectivity index is 3.63. The Morgan fingerprint density at radius 1 is 1.35 bits per heavy atom. The van der Waals surface area contributed by atoms with E-state index < -0.39 is 5.97 Å². The van der Waals surface area contributed by atoms with Crippen molar-refractivity contribution < 1.29 is 19.1 Å². The van der Waals surface area contributed by atoms with E-state index in [2.05, 4.69) is 11.9 Å². The van der Waals surface area contributed by atoms with Crippen LogP contribution in [0, 0.1) is 5.92 Å². The van der Waals surface area contributed by atoms with Gasteiger partial charge in [-0.25, -0.2) is 4.79 Å². The lowest BCUT2D eigenvalue weighted by atomic mass is 10.0. The molecule has 20 heavy (non-hydrogen) atoms. The lowest BCUT2D eigenvalue weighted by Gasteiger charge is -2.07. The Hall–Kier alpha value is -1.30. The highest BCUT2D eigenvalue weighted by Crippen LogP contribution is 2.10. The van der Waals surface area contributed by atoms with Crippen molar-refractivity contribution in [2.24, 2.45) is 5.92 Å². The normalized spacial score (nSPS) is 11.6. The number of carbonyl (C=O) groups is 3. The van der Waals surface area contributed by atoms with Gasteiger partial charge in [-0.2, -0.15) is 0 Å². The minimum Gasteiger partial charge on any atom is -0.460 e. The molecule has 0 radical (unpaired) electrons. The Bertz CT molecular complexity index is 368. The third-order valence-electron chi connectivity index (χ3n) is 2.70. The van der Waals surface area contributed by atoms with Crippen LogP contribution in [0.3, 0.4) is 0 Å². The molecule has 0 fully saturated rings. The maximum absolute atomic E-state index is 11.5. The molecule has 0 saturated carbocycles. The maximum atomic E-state index is 11.5. The van der Waals surface area contributed by atoms with Crippen LogP contribution in [0.1, 0.15) is 33.6 Å². The van der Waals surface area contributed by atoms with Crippen LogP contribution < -0.4 is 5.32 Å². The van der Waals surface area contributed by atoms with Gasteiger partial charge in [-0.1, -0.05) is 32.2 Å². The summed E-state index contributed by atoms with van der Waals surface area (Å²) in [5.41, 5.74) is 0.328. The first-order valence-electron chi connectivity index (χ1n) is 6.64. The molecule has 0 bridgehead atoms. The molecule has 0 aromatic heterocycles. The number of nitrogens with one attached hydrogen (secondary N) is 1. The van der Waals surface area contributed by atoms with Gasteiger partial charge in [-0.15, -0.1) is 0 Å². The zero-order valence-corrected chi connectivity index (χ0v) is 13.2. The van der Waals surface area contributed by atoms with Crippen LogP contribution >= 0.6 is 11.8 Å². The van der Waals surface area contributed by atoms with Crippen molar-refractivity contribution in [2.75, 3.05) is 18.9 Å². The van der Waals surface area contributed by atoms with Crippen LogP contribution in [0.2, 0.25) is 0 Å². The molecule has 0 aliphatic heterocycles. The second-order valence-corrected chi connectivity index (χ2v) is 5.57. The van der Waals surface area contributed by atoms with E-state index in [9.17, 15) is 14.4 Å². The molecule has 1 N–H and O–H groups in total. The fourth-order valence-electron chi connectivity index (χ4n) is 1.19. The molecule has 0 rings (SSSR count). The molecule has 0 aliphatic rings. The topological polar surface area (TPSA) is 72.5 Å². The number of carbonyl (C=O) groups excluding carboxylic acids is 3. The van der Waals surface area contributed by atoms with Crippen LogP contribution in [0.4, 0.5) is 4.79 Å². The third kappa shape index (κ3) is 8.74. The summed E-state index contributed by atoms with van der Waals surface area (Å²) in [5.74, 6) is 0.245. The number of hydrogen-bond donors (Lipinski definition) is 1. The van der Waals surface area contributed by atoms with Gasteiger partial charge in [0.2, 0.25) is 0 Å². The molecule has 6 heteroatoms. The summed E-state index contributed by atoms with van der Waals surface area (Å²) < 4.78 is 4.83. The Morgan fingerprint density at radius 2 is 2.00 bits per heavy atom. The van der Waals surface area contributed by atoms with Crippen LogP contribution in [-0.2, 0) is 14.3 Å². The number of rotatable bonds is 9. The minimum atomic E-state index is -0.467. The van der Waals surface area contributed by atoms with Crippen molar-refractivity contribution in [3.63, 3.8) is 0 Å². The highest BCUT2D eigenvalue weighted by Gasteiger charge is 2.11. The number of ketones is 1. The number of Topliss-reactive ketones (excluding diaryl/α,β-unsaturated/α-hetero) is 1. The Kier molecular flexibility index (Phi) is 9.80. The van der Waals surface area contributed by atoms with Gasteiger partial charge in [0.15, 0.2) is 0 Å². The van der Waals surface area contributed by atoms with Crippen molar-refractivity contribution in [3.05, 3.63) is 12.2 Å². The second-order valence-electron chi connectivity index (χ2n) is 4.50. The van der Waals surface area contributed by atoms with E-state index in [1.54, 1.807) is 6.92 Å². The second kappa shape index (κ2) is 10.5. The van der Waals surface area contributed by atoms with Gasteiger partial charge >= 0.3 is 5.97 Å². The first-order chi connectivity index (χ1) is 9.38. The zero-order chi connectivity index (χ0) is 15.5.